The molecule has 2 heterocycles. The third kappa shape index (κ3) is 2.98. The van der Waals surface area contributed by atoms with E-state index < -0.39 is 0 Å². The van der Waals surface area contributed by atoms with Gasteiger partial charge < -0.3 is 10.2 Å². The Labute approximate surface area is 133 Å². The molecule has 3 rings (SSSR count). The maximum atomic E-state index is 5.03. The molecule has 4 unspecified atom stereocenters. The average molecular weight is 308 g/mol. The van der Waals surface area contributed by atoms with E-state index in [4.69, 9.17) is 4.98 Å². The first kappa shape index (κ1) is 15.3. The monoisotopic (exact) mass is 307 g/mol. The van der Waals surface area contributed by atoms with Crippen LogP contribution in [0, 0.1) is 11.8 Å². The summed E-state index contributed by atoms with van der Waals surface area (Å²) in [5.74, 6) is 1.54. The fourth-order valence-electron chi connectivity index (χ4n) is 3.94. The highest BCUT2D eigenvalue weighted by atomic mass is 32.1. The zero-order chi connectivity index (χ0) is 15.0. The molecule has 0 saturated carbocycles. The van der Waals surface area contributed by atoms with E-state index in [0.29, 0.717) is 12.1 Å². The maximum absolute atomic E-state index is 5.03. The van der Waals surface area contributed by atoms with Crippen LogP contribution in [-0.2, 0) is 6.42 Å². The summed E-state index contributed by atoms with van der Waals surface area (Å²) in [6.07, 6.45) is 5.06. The van der Waals surface area contributed by atoms with E-state index in [-0.39, 0.29) is 0 Å². The number of rotatable bonds is 3. The van der Waals surface area contributed by atoms with Crippen molar-refractivity contribution in [2.24, 2.45) is 11.8 Å². The van der Waals surface area contributed by atoms with Gasteiger partial charge in [0.25, 0.3) is 0 Å². The van der Waals surface area contributed by atoms with Crippen LogP contribution in [0.25, 0.3) is 0 Å². The molecule has 21 heavy (non-hydrogen) atoms. The lowest BCUT2D eigenvalue weighted by Gasteiger charge is -2.41. The van der Waals surface area contributed by atoms with Crippen molar-refractivity contribution in [2.45, 2.75) is 65.5 Å². The summed E-state index contributed by atoms with van der Waals surface area (Å²) in [5, 5.41) is 4.91. The number of piperidine rings is 1. The highest BCUT2D eigenvalue weighted by molar-refractivity contribution is 7.15. The number of nitrogens with one attached hydrogen (secondary N) is 1. The minimum atomic E-state index is 0.542. The Morgan fingerprint density at radius 2 is 2.14 bits per heavy atom. The molecule has 0 spiro atoms. The van der Waals surface area contributed by atoms with E-state index in [9.17, 15) is 0 Å². The van der Waals surface area contributed by atoms with Gasteiger partial charge in [0.2, 0.25) is 0 Å². The molecule has 1 aliphatic carbocycles. The fraction of sp³-hybridized carbons (Fsp3) is 0.824. The van der Waals surface area contributed by atoms with Crippen LogP contribution in [-0.4, -0.2) is 24.1 Å². The lowest BCUT2D eigenvalue weighted by molar-refractivity contribution is 0.296. The summed E-state index contributed by atoms with van der Waals surface area (Å²) in [5.41, 5.74) is 1.37. The van der Waals surface area contributed by atoms with Crippen LogP contribution in [0.2, 0.25) is 0 Å². The second kappa shape index (κ2) is 6.25. The van der Waals surface area contributed by atoms with Crippen LogP contribution in [0.15, 0.2) is 0 Å². The summed E-state index contributed by atoms with van der Waals surface area (Å²) in [7, 11) is 0. The Kier molecular flexibility index (Phi) is 4.55. The van der Waals surface area contributed by atoms with E-state index in [1.165, 1.54) is 47.9 Å². The van der Waals surface area contributed by atoms with Crippen LogP contribution in [0.1, 0.15) is 63.6 Å². The van der Waals surface area contributed by atoms with Crippen molar-refractivity contribution in [1.29, 1.82) is 0 Å². The van der Waals surface area contributed by atoms with Gasteiger partial charge in [-0.25, -0.2) is 4.98 Å². The Morgan fingerprint density at radius 3 is 2.90 bits per heavy atom. The van der Waals surface area contributed by atoms with E-state index in [2.05, 4.69) is 37.9 Å². The molecule has 1 aromatic rings. The maximum Gasteiger partial charge on any atom is 0.186 e. The summed E-state index contributed by atoms with van der Waals surface area (Å²) in [6.45, 7) is 11.6. The molecule has 0 amide bonds. The molecule has 0 radical (unpaired) electrons. The van der Waals surface area contributed by atoms with Gasteiger partial charge in [0.1, 0.15) is 0 Å². The first-order valence-corrected chi connectivity index (χ1v) is 9.41. The van der Waals surface area contributed by atoms with Crippen molar-refractivity contribution in [3.05, 3.63) is 10.6 Å². The third-order valence-corrected chi connectivity index (χ3v) is 6.48. The topological polar surface area (TPSA) is 28.2 Å². The molecular formula is C17H29N3S. The molecule has 0 bridgehead atoms. The summed E-state index contributed by atoms with van der Waals surface area (Å²) in [4.78, 5) is 9.12. The van der Waals surface area contributed by atoms with E-state index in [1.54, 1.807) is 0 Å². The number of fused-ring (bicyclic) bond motifs is 1. The molecule has 2 aliphatic rings. The molecule has 1 N–H and O–H groups in total. The average Bonchev–Trinajstić information content (AvgIpc) is 2.88. The quantitative estimate of drug-likeness (QED) is 0.915. The molecule has 118 valence electrons. The number of nitrogens with zero attached hydrogens (tertiary/aromatic N) is 2. The Balaban J connectivity index is 1.86. The largest absolute Gasteiger partial charge is 0.345 e. The van der Waals surface area contributed by atoms with Crippen molar-refractivity contribution < 1.29 is 0 Å². The van der Waals surface area contributed by atoms with Crippen LogP contribution in [0.4, 0.5) is 5.13 Å². The highest BCUT2D eigenvalue weighted by Gasteiger charge is 2.32. The fourth-order valence-corrected chi connectivity index (χ4v) is 5.26. The smallest absolute Gasteiger partial charge is 0.186 e. The van der Waals surface area contributed by atoms with Crippen molar-refractivity contribution in [2.75, 3.05) is 18.0 Å². The van der Waals surface area contributed by atoms with Gasteiger partial charge in [0.05, 0.1) is 5.69 Å². The lowest BCUT2D eigenvalue weighted by Crippen LogP contribution is -2.45. The Morgan fingerprint density at radius 1 is 1.33 bits per heavy atom. The van der Waals surface area contributed by atoms with Crippen molar-refractivity contribution in [3.8, 4) is 0 Å². The second-order valence-electron chi connectivity index (χ2n) is 7.02. The Bertz CT molecular complexity index is 484. The molecule has 4 heteroatoms. The van der Waals surface area contributed by atoms with E-state index >= 15 is 0 Å². The van der Waals surface area contributed by atoms with Gasteiger partial charge in [0, 0.05) is 23.5 Å². The lowest BCUT2D eigenvalue weighted by atomic mass is 9.86. The summed E-state index contributed by atoms with van der Waals surface area (Å²) in [6, 6.07) is 1.16. The van der Waals surface area contributed by atoms with Crippen LogP contribution < -0.4 is 10.2 Å². The molecule has 4 atom stereocenters. The van der Waals surface area contributed by atoms with Crippen LogP contribution in [0.3, 0.4) is 0 Å². The standard InChI is InChI=1S/C17H29N3S/c1-5-18-14-7-6-8-15-16(14)21-17(19-15)20-10-11(2)9-12(3)13(20)4/h11-14,18H,5-10H2,1-4H3. The number of hydrogen-bond acceptors (Lipinski definition) is 4. The van der Waals surface area contributed by atoms with Gasteiger partial charge in [-0.1, -0.05) is 32.1 Å². The minimum absolute atomic E-state index is 0.542. The zero-order valence-electron chi connectivity index (χ0n) is 13.9. The van der Waals surface area contributed by atoms with Crippen molar-refractivity contribution >= 4 is 16.5 Å². The molecule has 0 aromatic carbocycles. The summed E-state index contributed by atoms with van der Waals surface area (Å²) < 4.78 is 0. The van der Waals surface area contributed by atoms with Crippen LogP contribution >= 0.6 is 11.3 Å². The molecule has 1 fully saturated rings. The predicted molar refractivity (Wildman–Crippen MR) is 91.2 cm³/mol. The Hall–Kier alpha value is -0.610. The SMILES string of the molecule is CCNC1CCCc2nc(N3CC(C)CC(C)C3C)sc21. The second-order valence-corrected chi connectivity index (χ2v) is 8.03. The number of thiazole rings is 1. The molecule has 1 aliphatic heterocycles. The number of anilines is 1. The molecular weight excluding hydrogens is 278 g/mol. The van der Waals surface area contributed by atoms with Gasteiger partial charge in [-0.3, -0.25) is 0 Å². The van der Waals surface area contributed by atoms with Gasteiger partial charge >= 0.3 is 0 Å². The molecule has 1 saturated heterocycles. The van der Waals surface area contributed by atoms with Gasteiger partial charge in [-0.15, -0.1) is 0 Å². The normalized spacial score (nSPS) is 33.0. The first-order valence-electron chi connectivity index (χ1n) is 8.59. The number of hydrogen-bond donors (Lipinski definition) is 1. The van der Waals surface area contributed by atoms with Gasteiger partial charge in [0.15, 0.2) is 5.13 Å². The molecule has 1 aromatic heterocycles. The van der Waals surface area contributed by atoms with Gasteiger partial charge in [-0.05, 0) is 51.0 Å². The number of aromatic nitrogens is 1. The van der Waals surface area contributed by atoms with Crippen LogP contribution in [0.5, 0.6) is 0 Å². The molecule has 3 nitrogen and oxygen atoms in total. The van der Waals surface area contributed by atoms with Gasteiger partial charge in [-0.2, -0.15) is 0 Å². The first-order chi connectivity index (χ1) is 10.1. The van der Waals surface area contributed by atoms with Crippen molar-refractivity contribution in [1.82, 2.24) is 10.3 Å². The summed E-state index contributed by atoms with van der Waals surface area (Å²) >= 11 is 1.95. The minimum Gasteiger partial charge on any atom is -0.345 e. The highest BCUT2D eigenvalue weighted by Crippen LogP contribution is 2.40. The van der Waals surface area contributed by atoms with E-state index in [0.717, 1.165) is 18.4 Å². The van der Waals surface area contributed by atoms with Crippen molar-refractivity contribution in [3.63, 3.8) is 0 Å². The predicted octanol–water partition coefficient (Wildman–Crippen LogP) is 4.00. The van der Waals surface area contributed by atoms with E-state index in [1.807, 2.05) is 11.3 Å². The zero-order valence-corrected chi connectivity index (χ0v) is 14.7. The number of aryl methyl sites for hydroxylation is 1. The third-order valence-electron chi connectivity index (χ3n) is 5.23.